The van der Waals surface area contributed by atoms with E-state index in [0.717, 1.165) is 5.56 Å². The van der Waals surface area contributed by atoms with Crippen LogP contribution in [-0.4, -0.2) is 12.7 Å². The molecule has 2 aromatic carbocycles. The smallest absolute Gasteiger partial charge is 0.0662 e. The van der Waals surface area contributed by atoms with Gasteiger partial charge in [0.1, 0.15) is 0 Å². The van der Waals surface area contributed by atoms with Crippen LogP contribution in [-0.2, 0) is 4.74 Å². The standard InChI is InChI=1S/C15H19NO/c1-11(2)17-10-15(16)14-8-7-12-5-3-4-6-13(12)9-14/h3-9,11,15H,10,16H2,1-2H3. The maximum absolute atomic E-state index is 6.11. The Kier molecular flexibility index (Phi) is 3.77. The van der Waals surface area contributed by atoms with Crippen molar-refractivity contribution in [2.45, 2.75) is 26.0 Å². The van der Waals surface area contributed by atoms with Crippen molar-refractivity contribution in [1.29, 1.82) is 0 Å². The number of hydrogen-bond acceptors (Lipinski definition) is 2. The molecule has 0 spiro atoms. The van der Waals surface area contributed by atoms with E-state index < -0.39 is 0 Å². The van der Waals surface area contributed by atoms with Crippen LogP contribution in [0, 0.1) is 0 Å². The Labute approximate surface area is 102 Å². The van der Waals surface area contributed by atoms with Crippen molar-refractivity contribution in [3.8, 4) is 0 Å². The zero-order valence-electron chi connectivity index (χ0n) is 10.4. The molecule has 2 N–H and O–H groups in total. The molecule has 0 fully saturated rings. The zero-order valence-corrected chi connectivity index (χ0v) is 10.4. The van der Waals surface area contributed by atoms with Crippen LogP contribution in [0.5, 0.6) is 0 Å². The first-order chi connectivity index (χ1) is 8.16. The maximum atomic E-state index is 6.11. The van der Waals surface area contributed by atoms with Gasteiger partial charge in [-0.3, -0.25) is 0 Å². The Morgan fingerprint density at radius 2 is 1.76 bits per heavy atom. The molecule has 2 aromatic rings. The van der Waals surface area contributed by atoms with Crippen LogP contribution in [0.25, 0.3) is 10.8 Å². The van der Waals surface area contributed by atoms with Crippen molar-refractivity contribution in [1.82, 2.24) is 0 Å². The molecule has 0 amide bonds. The molecule has 0 aromatic heterocycles. The van der Waals surface area contributed by atoms with Crippen molar-refractivity contribution in [3.63, 3.8) is 0 Å². The summed E-state index contributed by atoms with van der Waals surface area (Å²) < 4.78 is 5.55. The SMILES string of the molecule is CC(C)OCC(N)c1ccc2ccccc2c1. The monoisotopic (exact) mass is 229 g/mol. The normalized spacial score (nSPS) is 13.2. The first-order valence-corrected chi connectivity index (χ1v) is 6.02. The van der Waals surface area contributed by atoms with Gasteiger partial charge in [-0.1, -0.05) is 36.4 Å². The molecule has 2 heteroatoms. The van der Waals surface area contributed by atoms with Crippen molar-refractivity contribution in [3.05, 3.63) is 48.0 Å². The second-order valence-electron chi connectivity index (χ2n) is 4.60. The third-order valence-corrected chi connectivity index (χ3v) is 2.81. The summed E-state index contributed by atoms with van der Waals surface area (Å²) in [6.45, 7) is 4.61. The van der Waals surface area contributed by atoms with Crippen molar-refractivity contribution < 1.29 is 4.74 Å². The average molecular weight is 229 g/mol. The molecule has 2 nitrogen and oxygen atoms in total. The van der Waals surface area contributed by atoms with Gasteiger partial charge < -0.3 is 10.5 Å². The van der Waals surface area contributed by atoms with Crippen LogP contribution in [0.4, 0.5) is 0 Å². The summed E-state index contributed by atoms with van der Waals surface area (Å²) in [7, 11) is 0. The van der Waals surface area contributed by atoms with Gasteiger partial charge in [-0.25, -0.2) is 0 Å². The molecule has 0 radical (unpaired) electrons. The van der Waals surface area contributed by atoms with Gasteiger partial charge >= 0.3 is 0 Å². The largest absolute Gasteiger partial charge is 0.377 e. The lowest BCUT2D eigenvalue weighted by atomic mass is 10.0. The Morgan fingerprint density at radius 3 is 2.47 bits per heavy atom. The van der Waals surface area contributed by atoms with Gasteiger partial charge in [-0.15, -0.1) is 0 Å². The van der Waals surface area contributed by atoms with Gasteiger partial charge in [0, 0.05) is 0 Å². The van der Waals surface area contributed by atoms with Crippen LogP contribution >= 0.6 is 0 Å². The highest BCUT2D eigenvalue weighted by molar-refractivity contribution is 5.83. The minimum absolute atomic E-state index is 0.0537. The van der Waals surface area contributed by atoms with Crippen LogP contribution in [0.3, 0.4) is 0 Å². The number of fused-ring (bicyclic) bond motifs is 1. The Morgan fingerprint density at radius 1 is 1.06 bits per heavy atom. The van der Waals surface area contributed by atoms with Crippen LogP contribution in [0.2, 0.25) is 0 Å². The third kappa shape index (κ3) is 3.05. The van der Waals surface area contributed by atoms with Crippen LogP contribution < -0.4 is 5.73 Å². The van der Waals surface area contributed by atoms with Crippen molar-refractivity contribution >= 4 is 10.8 Å². The minimum Gasteiger partial charge on any atom is -0.377 e. The van der Waals surface area contributed by atoms with Gasteiger partial charge in [0.2, 0.25) is 0 Å². The lowest BCUT2D eigenvalue weighted by Crippen LogP contribution is -2.19. The molecular weight excluding hydrogens is 210 g/mol. The lowest BCUT2D eigenvalue weighted by molar-refractivity contribution is 0.0683. The average Bonchev–Trinajstić information content (AvgIpc) is 2.35. The molecule has 17 heavy (non-hydrogen) atoms. The van der Waals surface area contributed by atoms with E-state index in [-0.39, 0.29) is 12.1 Å². The molecule has 0 saturated carbocycles. The highest BCUT2D eigenvalue weighted by Crippen LogP contribution is 2.19. The summed E-state index contributed by atoms with van der Waals surface area (Å²) in [5.41, 5.74) is 7.24. The first-order valence-electron chi connectivity index (χ1n) is 6.02. The molecule has 0 heterocycles. The van der Waals surface area contributed by atoms with Crippen LogP contribution in [0.15, 0.2) is 42.5 Å². The van der Waals surface area contributed by atoms with E-state index in [0.29, 0.717) is 6.61 Å². The van der Waals surface area contributed by atoms with Crippen molar-refractivity contribution in [2.24, 2.45) is 5.73 Å². The number of benzene rings is 2. The Bertz CT molecular complexity index is 493. The molecule has 0 aliphatic carbocycles. The summed E-state index contributed by atoms with van der Waals surface area (Å²) >= 11 is 0. The highest BCUT2D eigenvalue weighted by Gasteiger charge is 2.07. The Balaban J connectivity index is 2.18. The fraction of sp³-hybridized carbons (Fsp3) is 0.333. The topological polar surface area (TPSA) is 35.2 Å². The number of rotatable bonds is 4. The minimum atomic E-state index is -0.0537. The molecule has 2 rings (SSSR count). The second kappa shape index (κ2) is 5.30. The fourth-order valence-electron chi connectivity index (χ4n) is 1.83. The predicted octanol–water partition coefficient (Wildman–Crippen LogP) is 3.26. The van der Waals surface area contributed by atoms with Gasteiger partial charge in [0.15, 0.2) is 0 Å². The van der Waals surface area contributed by atoms with Gasteiger partial charge in [-0.05, 0) is 36.2 Å². The second-order valence-corrected chi connectivity index (χ2v) is 4.60. The zero-order chi connectivity index (χ0) is 12.3. The third-order valence-electron chi connectivity index (χ3n) is 2.81. The van der Waals surface area contributed by atoms with Gasteiger partial charge in [0.05, 0.1) is 18.8 Å². The van der Waals surface area contributed by atoms with E-state index in [2.05, 4.69) is 30.3 Å². The number of hydrogen-bond donors (Lipinski definition) is 1. The molecule has 0 saturated heterocycles. The molecule has 0 aliphatic rings. The molecule has 90 valence electrons. The van der Waals surface area contributed by atoms with Gasteiger partial charge in [-0.2, -0.15) is 0 Å². The quantitative estimate of drug-likeness (QED) is 0.873. The highest BCUT2D eigenvalue weighted by atomic mass is 16.5. The molecule has 0 aliphatic heterocycles. The number of ether oxygens (including phenoxy) is 1. The van der Waals surface area contributed by atoms with E-state index in [4.69, 9.17) is 10.5 Å². The summed E-state index contributed by atoms with van der Waals surface area (Å²) in [5.74, 6) is 0. The molecular formula is C15H19NO. The summed E-state index contributed by atoms with van der Waals surface area (Å²) in [5, 5.41) is 2.47. The van der Waals surface area contributed by atoms with Gasteiger partial charge in [0.25, 0.3) is 0 Å². The first kappa shape index (κ1) is 12.1. The van der Waals surface area contributed by atoms with E-state index in [1.165, 1.54) is 10.8 Å². The molecule has 1 atom stereocenters. The molecule has 0 bridgehead atoms. The maximum Gasteiger partial charge on any atom is 0.0662 e. The van der Waals surface area contributed by atoms with Crippen LogP contribution in [0.1, 0.15) is 25.5 Å². The summed E-state index contributed by atoms with van der Waals surface area (Å²) in [6, 6.07) is 14.6. The summed E-state index contributed by atoms with van der Waals surface area (Å²) in [6.07, 6.45) is 0.224. The predicted molar refractivity (Wildman–Crippen MR) is 72.0 cm³/mol. The Hall–Kier alpha value is -1.38. The van der Waals surface area contributed by atoms with E-state index >= 15 is 0 Å². The number of nitrogens with two attached hydrogens (primary N) is 1. The van der Waals surface area contributed by atoms with E-state index in [1.807, 2.05) is 26.0 Å². The van der Waals surface area contributed by atoms with E-state index in [9.17, 15) is 0 Å². The fourth-order valence-corrected chi connectivity index (χ4v) is 1.83. The summed E-state index contributed by atoms with van der Waals surface area (Å²) in [4.78, 5) is 0. The molecule has 1 unspecified atom stereocenters. The van der Waals surface area contributed by atoms with Crippen molar-refractivity contribution in [2.75, 3.05) is 6.61 Å². The lowest BCUT2D eigenvalue weighted by Gasteiger charge is -2.15. The van der Waals surface area contributed by atoms with E-state index in [1.54, 1.807) is 0 Å².